The van der Waals surface area contributed by atoms with Crippen molar-refractivity contribution in [2.24, 2.45) is 0 Å². The standard InChI is InChI=1S/C22H33N5O3/c28-20(7-13-26-11-3-1-2-4-21(26)29)24-18-6-12-27(16-18)22-23-10-5-19(25-22)17-8-14-30-15-9-17/h5,10,17-18H,1-4,6-9,11-16H2,(H,24,28). The summed E-state index contributed by atoms with van der Waals surface area (Å²) in [7, 11) is 0. The number of rotatable bonds is 6. The average molecular weight is 416 g/mol. The smallest absolute Gasteiger partial charge is 0.225 e. The molecule has 1 aromatic heterocycles. The van der Waals surface area contributed by atoms with Crippen LogP contribution in [0.2, 0.25) is 0 Å². The van der Waals surface area contributed by atoms with Gasteiger partial charge in [0.05, 0.1) is 0 Å². The first-order valence-corrected chi connectivity index (χ1v) is 11.4. The molecule has 0 saturated carbocycles. The lowest BCUT2D eigenvalue weighted by atomic mass is 9.96. The highest BCUT2D eigenvalue weighted by atomic mass is 16.5. The second kappa shape index (κ2) is 10.2. The van der Waals surface area contributed by atoms with E-state index in [0.29, 0.717) is 25.3 Å². The first-order chi connectivity index (χ1) is 14.7. The third-order valence-corrected chi connectivity index (χ3v) is 6.42. The number of anilines is 1. The summed E-state index contributed by atoms with van der Waals surface area (Å²) in [5, 5.41) is 3.14. The van der Waals surface area contributed by atoms with Gasteiger partial charge in [-0.2, -0.15) is 0 Å². The minimum Gasteiger partial charge on any atom is -0.381 e. The number of likely N-dealkylation sites (tertiary alicyclic amines) is 1. The highest BCUT2D eigenvalue weighted by molar-refractivity contribution is 5.79. The minimum atomic E-state index is 0.0239. The molecule has 4 rings (SSSR count). The van der Waals surface area contributed by atoms with E-state index in [2.05, 4.69) is 15.2 Å². The van der Waals surface area contributed by atoms with Crippen molar-refractivity contribution in [2.75, 3.05) is 44.3 Å². The van der Waals surface area contributed by atoms with E-state index in [1.165, 1.54) is 0 Å². The maximum absolute atomic E-state index is 12.4. The molecule has 0 radical (unpaired) electrons. The fourth-order valence-corrected chi connectivity index (χ4v) is 4.61. The Bertz CT molecular complexity index is 737. The van der Waals surface area contributed by atoms with Crippen LogP contribution >= 0.6 is 0 Å². The van der Waals surface area contributed by atoms with Crippen LogP contribution in [0.1, 0.15) is 63.0 Å². The van der Waals surface area contributed by atoms with Crippen LogP contribution in [0, 0.1) is 0 Å². The number of aromatic nitrogens is 2. The Morgan fingerprint density at radius 2 is 2.03 bits per heavy atom. The molecule has 3 aliphatic rings. The van der Waals surface area contributed by atoms with Gasteiger partial charge in [-0.15, -0.1) is 0 Å². The molecule has 3 aliphatic heterocycles. The second-order valence-electron chi connectivity index (χ2n) is 8.61. The number of carbonyl (C=O) groups is 2. The van der Waals surface area contributed by atoms with Crippen molar-refractivity contribution in [2.45, 2.75) is 63.3 Å². The summed E-state index contributed by atoms with van der Waals surface area (Å²) < 4.78 is 5.46. The highest BCUT2D eigenvalue weighted by Gasteiger charge is 2.27. The maximum atomic E-state index is 12.4. The Kier molecular flexibility index (Phi) is 7.15. The molecule has 1 aromatic rings. The van der Waals surface area contributed by atoms with Crippen molar-refractivity contribution in [1.82, 2.24) is 20.2 Å². The van der Waals surface area contributed by atoms with Crippen LogP contribution in [0.15, 0.2) is 12.3 Å². The van der Waals surface area contributed by atoms with Gasteiger partial charge in [0.1, 0.15) is 0 Å². The van der Waals surface area contributed by atoms with E-state index in [9.17, 15) is 9.59 Å². The van der Waals surface area contributed by atoms with E-state index in [0.717, 1.165) is 83.0 Å². The fraction of sp³-hybridized carbons (Fsp3) is 0.727. The van der Waals surface area contributed by atoms with Gasteiger partial charge in [-0.3, -0.25) is 9.59 Å². The van der Waals surface area contributed by atoms with Crippen LogP contribution in [-0.2, 0) is 14.3 Å². The van der Waals surface area contributed by atoms with E-state index in [1.54, 1.807) is 0 Å². The fourth-order valence-electron chi connectivity index (χ4n) is 4.61. The number of amides is 2. The molecule has 0 aliphatic carbocycles. The van der Waals surface area contributed by atoms with Crippen molar-refractivity contribution >= 4 is 17.8 Å². The number of ether oxygens (including phenoxy) is 1. The molecular formula is C22H33N5O3. The lowest BCUT2D eigenvalue weighted by Crippen LogP contribution is -2.40. The number of nitrogens with zero attached hydrogens (tertiary/aromatic N) is 4. The molecule has 30 heavy (non-hydrogen) atoms. The zero-order chi connectivity index (χ0) is 20.8. The quantitative estimate of drug-likeness (QED) is 0.763. The van der Waals surface area contributed by atoms with E-state index in [1.807, 2.05) is 17.2 Å². The van der Waals surface area contributed by atoms with Gasteiger partial charge < -0.3 is 19.9 Å². The predicted octanol–water partition coefficient (Wildman–Crippen LogP) is 1.86. The van der Waals surface area contributed by atoms with Gasteiger partial charge in [0, 0.05) is 76.1 Å². The number of hydrogen-bond donors (Lipinski definition) is 1. The molecule has 4 heterocycles. The zero-order valence-electron chi connectivity index (χ0n) is 17.7. The molecule has 0 bridgehead atoms. The first kappa shape index (κ1) is 21.0. The van der Waals surface area contributed by atoms with Crippen molar-refractivity contribution < 1.29 is 14.3 Å². The Labute approximate surface area is 178 Å². The lowest BCUT2D eigenvalue weighted by molar-refractivity contribution is -0.131. The average Bonchev–Trinajstić information content (AvgIpc) is 3.14. The molecule has 1 N–H and O–H groups in total. The molecule has 0 spiro atoms. The van der Waals surface area contributed by atoms with Crippen molar-refractivity contribution in [1.29, 1.82) is 0 Å². The molecular weight excluding hydrogens is 382 g/mol. The summed E-state index contributed by atoms with van der Waals surface area (Å²) in [5.41, 5.74) is 1.10. The number of nitrogens with one attached hydrogen (secondary N) is 1. The molecule has 1 unspecified atom stereocenters. The van der Waals surface area contributed by atoms with Crippen molar-refractivity contribution in [3.8, 4) is 0 Å². The molecule has 3 saturated heterocycles. The van der Waals surface area contributed by atoms with Crippen LogP contribution in [0.5, 0.6) is 0 Å². The summed E-state index contributed by atoms with van der Waals surface area (Å²) >= 11 is 0. The topological polar surface area (TPSA) is 87.7 Å². The zero-order valence-corrected chi connectivity index (χ0v) is 17.7. The highest BCUT2D eigenvalue weighted by Crippen LogP contribution is 2.26. The van der Waals surface area contributed by atoms with Crippen molar-refractivity contribution in [3.63, 3.8) is 0 Å². The molecule has 3 fully saturated rings. The van der Waals surface area contributed by atoms with Gasteiger partial charge in [-0.25, -0.2) is 9.97 Å². The molecule has 1 atom stereocenters. The van der Waals surface area contributed by atoms with Crippen LogP contribution < -0.4 is 10.2 Å². The van der Waals surface area contributed by atoms with Crippen LogP contribution in [0.4, 0.5) is 5.95 Å². The monoisotopic (exact) mass is 415 g/mol. The molecule has 0 aromatic carbocycles. The molecule has 2 amide bonds. The molecule has 164 valence electrons. The summed E-state index contributed by atoms with van der Waals surface area (Å²) in [6.07, 6.45) is 8.85. The van der Waals surface area contributed by atoms with E-state index in [4.69, 9.17) is 9.72 Å². The van der Waals surface area contributed by atoms with E-state index < -0.39 is 0 Å². The molecule has 8 nitrogen and oxygen atoms in total. The summed E-state index contributed by atoms with van der Waals surface area (Å²) in [4.78, 5) is 37.8. The molecule has 8 heteroatoms. The first-order valence-electron chi connectivity index (χ1n) is 11.4. The van der Waals surface area contributed by atoms with Gasteiger partial charge in [0.15, 0.2) is 0 Å². The largest absolute Gasteiger partial charge is 0.381 e. The van der Waals surface area contributed by atoms with Crippen LogP contribution in [0.3, 0.4) is 0 Å². The lowest BCUT2D eigenvalue weighted by Gasteiger charge is -2.23. The summed E-state index contributed by atoms with van der Waals surface area (Å²) in [5.74, 6) is 1.41. The van der Waals surface area contributed by atoms with Gasteiger partial charge in [-0.1, -0.05) is 6.42 Å². The van der Waals surface area contributed by atoms with E-state index in [-0.39, 0.29) is 17.9 Å². The minimum absolute atomic E-state index is 0.0239. The second-order valence-corrected chi connectivity index (χ2v) is 8.61. The van der Waals surface area contributed by atoms with Gasteiger partial charge >= 0.3 is 0 Å². The normalized spacial score (nSPS) is 23.5. The Balaban J connectivity index is 1.25. The summed E-state index contributed by atoms with van der Waals surface area (Å²) in [6, 6.07) is 2.12. The van der Waals surface area contributed by atoms with Crippen LogP contribution in [0.25, 0.3) is 0 Å². The van der Waals surface area contributed by atoms with Gasteiger partial charge in [-0.05, 0) is 38.2 Å². The Morgan fingerprint density at radius 3 is 2.90 bits per heavy atom. The number of carbonyl (C=O) groups excluding carboxylic acids is 2. The Hall–Kier alpha value is -2.22. The third-order valence-electron chi connectivity index (χ3n) is 6.42. The SMILES string of the molecule is O=C(CCN1CCCCCC1=O)NC1CCN(c2nccc(C3CCOCC3)n2)C1. The maximum Gasteiger partial charge on any atom is 0.225 e. The third kappa shape index (κ3) is 5.47. The van der Waals surface area contributed by atoms with E-state index >= 15 is 0 Å². The van der Waals surface area contributed by atoms with Crippen molar-refractivity contribution in [3.05, 3.63) is 18.0 Å². The van der Waals surface area contributed by atoms with Gasteiger partial charge in [0.2, 0.25) is 17.8 Å². The number of hydrogen-bond acceptors (Lipinski definition) is 6. The summed E-state index contributed by atoms with van der Waals surface area (Å²) in [6.45, 7) is 4.47. The van der Waals surface area contributed by atoms with Gasteiger partial charge in [0.25, 0.3) is 0 Å². The van der Waals surface area contributed by atoms with Crippen LogP contribution in [-0.4, -0.2) is 72.1 Å². The Morgan fingerprint density at radius 1 is 1.17 bits per heavy atom. The predicted molar refractivity (Wildman–Crippen MR) is 113 cm³/mol.